The fourth-order valence-electron chi connectivity index (χ4n) is 0.942. The van der Waals surface area contributed by atoms with Crippen LogP contribution in [0.2, 0.25) is 0 Å². The van der Waals surface area contributed by atoms with Crippen molar-refractivity contribution < 1.29 is 29.7 Å². The number of ketones is 1. The van der Waals surface area contributed by atoms with Crippen molar-refractivity contribution in [2.75, 3.05) is 5.73 Å². The van der Waals surface area contributed by atoms with Gasteiger partial charge in [-0.3, -0.25) is 9.59 Å². The van der Waals surface area contributed by atoms with Gasteiger partial charge in [0.2, 0.25) is 0 Å². The fourth-order valence-corrected chi connectivity index (χ4v) is 0.942. The number of aromatic hydroxyl groups is 1. The molecule has 0 aliphatic carbocycles. The standard InChI is InChI=1S/C7H7NO3.C4H6O3/c8-4-1-2-5(7(10)11)6(9)3-4;1-3(5)2-4(6)7/h1-3,9H,8H2,(H,10,11);2H2,1H3,(H,6,7). The van der Waals surface area contributed by atoms with Crippen LogP contribution in [0.3, 0.4) is 0 Å². The van der Waals surface area contributed by atoms with Gasteiger partial charge in [-0.1, -0.05) is 0 Å². The molecule has 0 radical (unpaired) electrons. The number of aromatic carboxylic acids is 1. The highest BCUT2D eigenvalue weighted by Gasteiger charge is 2.07. The number of carbonyl (C=O) groups is 3. The van der Waals surface area contributed by atoms with Gasteiger partial charge in [0.15, 0.2) is 0 Å². The summed E-state index contributed by atoms with van der Waals surface area (Å²) in [5.41, 5.74) is 5.48. The molecule has 0 unspecified atom stereocenters. The molecule has 0 aromatic heterocycles. The zero-order chi connectivity index (χ0) is 14.3. The Balaban J connectivity index is 0.000000360. The highest BCUT2D eigenvalue weighted by Crippen LogP contribution is 2.19. The van der Waals surface area contributed by atoms with Gasteiger partial charge in [0.05, 0.1) is 0 Å². The zero-order valence-corrected chi connectivity index (χ0v) is 9.58. The van der Waals surface area contributed by atoms with Crippen molar-refractivity contribution >= 4 is 23.4 Å². The Kier molecular flexibility index (Phi) is 5.91. The number of nitrogen functional groups attached to an aromatic ring is 1. The summed E-state index contributed by atoms with van der Waals surface area (Å²) in [5.74, 6) is -2.85. The molecule has 1 aromatic rings. The summed E-state index contributed by atoms with van der Waals surface area (Å²) in [4.78, 5) is 29.8. The van der Waals surface area contributed by atoms with Gasteiger partial charge in [0.25, 0.3) is 0 Å². The first-order valence-corrected chi connectivity index (χ1v) is 4.77. The Morgan fingerprint density at radius 2 is 1.78 bits per heavy atom. The highest BCUT2D eigenvalue weighted by molar-refractivity contribution is 5.93. The molecule has 0 aliphatic heterocycles. The molecule has 1 rings (SSSR count). The van der Waals surface area contributed by atoms with E-state index in [4.69, 9.17) is 21.1 Å². The highest BCUT2D eigenvalue weighted by atomic mass is 16.4. The van der Waals surface area contributed by atoms with Crippen LogP contribution in [0.5, 0.6) is 5.75 Å². The number of hydrogen-bond acceptors (Lipinski definition) is 5. The molecule has 0 bridgehead atoms. The van der Waals surface area contributed by atoms with Gasteiger partial charge in [0.1, 0.15) is 23.5 Å². The second-order valence-electron chi connectivity index (χ2n) is 3.35. The van der Waals surface area contributed by atoms with Crippen LogP contribution in [0.15, 0.2) is 18.2 Å². The van der Waals surface area contributed by atoms with Gasteiger partial charge < -0.3 is 21.1 Å². The molecule has 18 heavy (non-hydrogen) atoms. The third-order valence-corrected chi connectivity index (χ3v) is 1.65. The fraction of sp³-hybridized carbons (Fsp3) is 0.182. The molecule has 0 fully saturated rings. The molecule has 0 spiro atoms. The number of carboxylic acid groups (broad SMARTS) is 2. The topological polar surface area (TPSA) is 138 Å². The maximum absolute atomic E-state index is 10.3. The quantitative estimate of drug-likeness (QED) is 0.461. The second-order valence-corrected chi connectivity index (χ2v) is 3.35. The SMILES string of the molecule is CC(=O)CC(=O)O.Nc1ccc(C(=O)O)c(O)c1. The normalized spacial score (nSPS) is 8.94. The van der Waals surface area contributed by atoms with Crippen molar-refractivity contribution in [2.24, 2.45) is 0 Å². The number of aliphatic carboxylic acids is 1. The Hall–Kier alpha value is -2.57. The number of Topliss-reactive ketones (excluding diaryl/α,β-unsaturated/α-hetero) is 1. The van der Waals surface area contributed by atoms with Crippen molar-refractivity contribution in [1.82, 2.24) is 0 Å². The van der Waals surface area contributed by atoms with E-state index in [0.717, 1.165) is 0 Å². The lowest BCUT2D eigenvalue weighted by Gasteiger charge is -1.98. The van der Waals surface area contributed by atoms with Crippen molar-refractivity contribution in [1.29, 1.82) is 0 Å². The molecule has 0 heterocycles. The second kappa shape index (κ2) is 6.89. The molecule has 0 saturated heterocycles. The van der Waals surface area contributed by atoms with Crippen molar-refractivity contribution in [3.8, 4) is 5.75 Å². The third-order valence-electron chi connectivity index (χ3n) is 1.65. The molecule has 7 nitrogen and oxygen atoms in total. The van der Waals surface area contributed by atoms with Crippen LogP contribution in [-0.4, -0.2) is 33.0 Å². The molecule has 98 valence electrons. The average Bonchev–Trinajstić information content (AvgIpc) is 2.14. The van der Waals surface area contributed by atoms with Gasteiger partial charge in [0, 0.05) is 11.8 Å². The number of hydrogen-bond donors (Lipinski definition) is 4. The maximum Gasteiger partial charge on any atom is 0.339 e. The van der Waals surface area contributed by atoms with E-state index in [-0.39, 0.29) is 23.5 Å². The number of rotatable bonds is 3. The average molecular weight is 255 g/mol. The molecule has 0 saturated carbocycles. The molecule has 7 heteroatoms. The van der Waals surface area contributed by atoms with Gasteiger partial charge >= 0.3 is 11.9 Å². The predicted octanol–water partition coefficient (Wildman–Crippen LogP) is 0.723. The van der Waals surface area contributed by atoms with Crippen LogP contribution in [0.1, 0.15) is 23.7 Å². The summed E-state index contributed by atoms with van der Waals surface area (Å²) >= 11 is 0. The van der Waals surface area contributed by atoms with Crippen LogP contribution in [0.4, 0.5) is 5.69 Å². The number of phenols is 1. The molecule has 0 amide bonds. The summed E-state index contributed by atoms with van der Waals surface area (Å²) in [6.07, 6.45) is -0.361. The molecular weight excluding hydrogens is 242 g/mol. The van der Waals surface area contributed by atoms with E-state index in [1.807, 2.05) is 0 Å². The molecule has 1 aromatic carbocycles. The monoisotopic (exact) mass is 255 g/mol. The predicted molar refractivity (Wildman–Crippen MR) is 62.4 cm³/mol. The minimum Gasteiger partial charge on any atom is -0.507 e. The summed E-state index contributed by atoms with van der Waals surface area (Å²) in [6.45, 7) is 1.24. The van der Waals surface area contributed by atoms with E-state index in [9.17, 15) is 14.4 Å². The summed E-state index contributed by atoms with van der Waals surface area (Å²) in [6, 6.07) is 3.87. The van der Waals surface area contributed by atoms with E-state index >= 15 is 0 Å². The first-order chi connectivity index (χ1) is 8.23. The smallest absolute Gasteiger partial charge is 0.339 e. The largest absolute Gasteiger partial charge is 0.507 e. The van der Waals surface area contributed by atoms with Gasteiger partial charge in [-0.05, 0) is 19.1 Å². The Labute approximate surface area is 102 Å². The lowest BCUT2D eigenvalue weighted by molar-refractivity contribution is -0.139. The van der Waals surface area contributed by atoms with Gasteiger partial charge in [-0.15, -0.1) is 0 Å². The summed E-state index contributed by atoms with van der Waals surface area (Å²) in [5, 5.41) is 25.3. The maximum atomic E-state index is 10.3. The van der Waals surface area contributed by atoms with E-state index in [0.29, 0.717) is 5.69 Å². The third kappa shape index (κ3) is 6.11. The molecular formula is C11H13NO6. The Bertz CT molecular complexity index is 457. The Morgan fingerprint density at radius 1 is 1.22 bits per heavy atom. The van der Waals surface area contributed by atoms with Gasteiger partial charge in [-0.25, -0.2) is 4.79 Å². The number of nitrogens with two attached hydrogens (primary N) is 1. The lowest BCUT2D eigenvalue weighted by atomic mass is 10.2. The minimum absolute atomic E-state index is 0.140. The molecule has 0 atom stereocenters. The number of carbonyl (C=O) groups excluding carboxylic acids is 1. The van der Waals surface area contributed by atoms with E-state index in [2.05, 4.69) is 0 Å². The van der Waals surface area contributed by atoms with Crippen LogP contribution in [0.25, 0.3) is 0 Å². The van der Waals surface area contributed by atoms with Gasteiger partial charge in [-0.2, -0.15) is 0 Å². The van der Waals surface area contributed by atoms with Crippen LogP contribution in [0, 0.1) is 0 Å². The first kappa shape index (κ1) is 15.4. The van der Waals surface area contributed by atoms with Crippen molar-refractivity contribution in [3.05, 3.63) is 23.8 Å². The molecule has 0 aliphatic rings. The van der Waals surface area contributed by atoms with E-state index in [1.54, 1.807) is 0 Å². The number of anilines is 1. The number of benzene rings is 1. The van der Waals surface area contributed by atoms with Crippen molar-refractivity contribution in [2.45, 2.75) is 13.3 Å². The van der Waals surface area contributed by atoms with E-state index in [1.165, 1.54) is 25.1 Å². The van der Waals surface area contributed by atoms with Crippen LogP contribution in [-0.2, 0) is 9.59 Å². The Morgan fingerprint density at radius 3 is 2.06 bits per heavy atom. The lowest BCUT2D eigenvalue weighted by Crippen LogP contribution is -2.00. The minimum atomic E-state index is -1.16. The van der Waals surface area contributed by atoms with Crippen molar-refractivity contribution in [3.63, 3.8) is 0 Å². The zero-order valence-electron chi connectivity index (χ0n) is 9.58. The summed E-state index contributed by atoms with van der Waals surface area (Å²) in [7, 11) is 0. The first-order valence-electron chi connectivity index (χ1n) is 4.77. The van der Waals surface area contributed by atoms with Crippen LogP contribution < -0.4 is 5.73 Å². The molecule has 5 N–H and O–H groups in total. The van der Waals surface area contributed by atoms with E-state index < -0.39 is 11.9 Å². The number of carboxylic acids is 2. The summed E-state index contributed by atoms with van der Waals surface area (Å²) < 4.78 is 0. The van der Waals surface area contributed by atoms with Crippen LogP contribution >= 0.6 is 0 Å².